The molecule has 1 aliphatic heterocycles. The fourth-order valence-corrected chi connectivity index (χ4v) is 5.04. The van der Waals surface area contributed by atoms with E-state index in [0.29, 0.717) is 11.8 Å². The summed E-state index contributed by atoms with van der Waals surface area (Å²) >= 11 is 0. The summed E-state index contributed by atoms with van der Waals surface area (Å²) in [5, 5.41) is 0.0156. The molecule has 1 aromatic heterocycles. The summed E-state index contributed by atoms with van der Waals surface area (Å²) in [5.74, 6) is 0.718. The third kappa shape index (κ3) is 3.81. The van der Waals surface area contributed by atoms with Gasteiger partial charge in [0.2, 0.25) is 26.6 Å². The summed E-state index contributed by atoms with van der Waals surface area (Å²) in [6.07, 6.45) is 4.05. The number of aromatic nitrogens is 1. The Morgan fingerprint density at radius 1 is 1.00 bits per heavy atom. The molecule has 0 N–H and O–H groups in total. The molecule has 152 valence electrons. The van der Waals surface area contributed by atoms with Crippen LogP contribution in [0.25, 0.3) is 11.5 Å². The lowest BCUT2D eigenvalue weighted by molar-refractivity contribution is 0.499. The second-order valence-electron chi connectivity index (χ2n) is 7.49. The maximum Gasteiger partial charge on any atom is 0.236 e. The average Bonchev–Trinajstić information content (AvgIpc) is 3.21. The first-order chi connectivity index (χ1) is 14.0. The molecule has 0 amide bonds. The molecule has 6 heteroatoms. The number of rotatable bonds is 5. The van der Waals surface area contributed by atoms with Crippen LogP contribution in [0.1, 0.15) is 37.3 Å². The number of aryl methyl sites for hydroxylation is 2. The van der Waals surface area contributed by atoms with E-state index in [2.05, 4.69) is 4.98 Å². The Morgan fingerprint density at radius 3 is 2.34 bits per heavy atom. The van der Waals surface area contributed by atoms with Crippen molar-refractivity contribution in [1.82, 2.24) is 4.98 Å². The van der Waals surface area contributed by atoms with Crippen LogP contribution < -0.4 is 4.90 Å². The van der Waals surface area contributed by atoms with E-state index in [9.17, 15) is 8.42 Å². The van der Waals surface area contributed by atoms with Gasteiger partial charge in [-0.2, -0.15) is 4.98 Å². The number of benzene rings is 2. The monoisotopic (exact) mass is 410 g/mol. The molecule has 2 heterocycles. The van der Waals surface area contributed by atoms with E-state index in [1.807, 2.05) is 55.1 Å². The summed E-state index contributed by atoms with van der Waals surface area (Å²) in [5.41, 5.74) is 2.91. The Labute approximate surface area is 172 Å². The minimum absolute atomic E-state index is 0.0156. The van der Waals surface area contributed by atoms with Crippen molar-refractivity contribution in [3.63, 3.8) is 0 Å². The molecule has 0 spiro atoms. The molecule has 4 rings (SSSR count). The molecule has 0 saturated carbocycles. The number of sulfone groups is 1. The van der Waals surface area contributed by atoms with Crippen molar-refractivity contribution in [2.24, 2.45) is 0 Å². The van der Waals surface area contributed by atoms with Crippen molar-refractivity contribution in [3.8, 4) is 11.5 Å². The zero-order valence-corrected chi connectivity index (χ0v) is 17.7. The number of hydrogen-bond donors (Lipinski definition) is 0. The molecule has 0 radical (unpaired) electrons. The van der Waals surface area contributed by atoms with Gasteiger partial charge >= 0.3 is 0 Å². The Kier molecular flexibility index (Phi) is 5.46. The maximum atomic E-state index is 13.5. The van der Waals surface area contributed by atoms with E-state index in [-0.39, 0.29) is 9.92 Å². The van der Waals surface area contributed by atoms with Crippen molar-refractivity contribution in [3.05, 3.63) is 59.7 Å². The minimum Gasteiger partial charge on any atom is -0.419 e. The number of oxazole rings is 1. The molecule has 1 saturated heterocycles. The summed E-state index contributed by atoms with van der Waals surface area (Å²) in [7, 11) is -3.79. The SMILES string of the molecule is CCc1ccc(S(=O)(=O)c2nc(-c3ccccc3C)oc2N2CCCCC2)cc1. The highest BCUT2D eigenvalue weighted by molar-refractivity contribution is 7.91. The van der Waals surface area contributed by atoms with Crippen LogP contribution in [0.2, 0.25) is 0 Å². The first-order valence-corrected chi connectivity index (χ1v) is 11.6. The Hall–Kier alpha value is -2.60. The maximum absolute atomic E-state index is 13.5. The lowest BCUT2D eigenvalue weighted by atomic mass is 10.1. The molecule has 0 unspecified atom stereocenters. The first kappa shape index (κ1) is 19.7. The third-order valence-corrected chi connectivity index (χ3v) is 7.16. The van der Waals surface area contributed by atoms with Gasteiger partial charge in [0, 0.05) is 18.7 Å². The third-order valence-electron chi connectivity index (χ3n) is 5.49. The first-order valence-electron chi connectivity index (χ1n) is 10.2. The smallest absolute Gasteiger partial charge is 0.236 e. The van der Waals surface area contributed by atoms with Gasteiger partial charge in [0.05, 0.1) is 4.90 Å². The van der Waals surface area contributed by atoms with Gasteiger partial charge in [-0.15, -0.1) is 0 Å². The molecule has 5 nitrogen and oxygen atoms in total. The molecule has 29 heavy (non-hydrogen) atoms. The fraction of sp³-hybridized carbons (Fsp3) is 0.348. The molecular weight excluding hydrogens is 384 g/mol. The zero-order chi connectivity index (χ0) is 20.4. The quantitative estimate of drug-likeness (QED) is 0.590. The van der Waals surface area contributed by atoms with E-state index in [1.54, 1.807) is 12.1 Å². The fourth-order valence-electron chi connectivity index (χ4n) is 3.71. The summed E-state index contributed by atoms with van der Waals surface area (Å²) in [6, 6.07) is 14.8. The normalized spacial score (nSPS) is 14.9. The Morgan fingerprint density at radius 2 is 1.69 bits per heavy atom. The van der Waals surface area contributed by atoms with Crippen LogP contribution in [0.15, 0.2) is 62.9 Å². The Balaban J connectivity index is 1.84. The predicted molar refractivity (Wildman–Crippen MR) is 114 cm³/mol. The number of hydrogen-bond acceptors (Lipinski definition) is 5. The molecule has 0 atom stereocenters. The van der Waals surface area contributed by atoms with Gasteiger partial charge in [-0.25, -0.2) is 8.42 Å². The van der Waals surface area contributed by atoms with Gasteiger partial charge in [-0.3, -0.25) is 0 Å². The van der Waals surface area contributed by atoms with Gasteiger partial charge in [0.15, 0.2) is 0 Å². The number of nitrogens with zero attached hydrogens (tertiary/aromatic N) is 2. The average molecular weight is 411 g/mol. The van der Waals surface area contributed by atoms with E-state index in [0.717, 1.165) is 55.5 Å². The highest BCUT2D eigenvalue weighted by Gasteiger charge is 2.32. The molecule has 0 aliphatic carbocycles. The van der Waals surface area contributed by atoms with Gasteiger partial charge < -0.3 is 9.32 Å². The second-order valence-corrected chi connectivity index (χ2v) is 9.36. The Bertz CT molecular complexity index is 1100. The van der Waals surface area contributed by atoms with Crippen LogP contribution in [0, 0.1) is 6.92 Å². The van der Waals surface area contributed by atoms with E-state index in [1.165, 1.54) is 0 Å². The highest BCUT2D eigenvalue weighted by atomic mass is 32.2. The van der Waals surface area contributed by atoms with Crippen molar-refractivity contribution in [1.29, 1.82) is 0 Å². The van der Waals surface area contributed by atoms with Gasteiger partial charge in [-0.1, -0.05) is 37.3 Å². The van der Waals surface area contributed by atoms with E-state index < -0.39 is 9.84 Å². The zero-order valence-electron chi connectivity index (χ0n) is 16.9. The lowest BCUT2D eigenvalue weighted by Gasteiger charge is -2.26. The van der Waals surface area contributed by atoms with Crippen molar-refractivity contribution < 1.29 is 12.8 Å². The largest absolute Gasteiger partial charge is 0.419 e. The van der Waals surface area contributed by atoms with Crippen LogP contribution in [0.4, 0.5) is 5.88 Å². The van der Waals surface area contributed by atoms with Crippen LogP contribution >= 0.6 is 0 Å². The lowest BCUT2D eigenvalue weighted by Crippen LogP contribution is -2.30. The number of anilines is 1. The summed E-state index contributed by atoms with van der Waals surface area (Å²) in [4.78, 5) is 6.78. The molecule has 0 bridgehead atoms. The highest BCUT2D eigenvalue weighted by Crippen LogP contribution is 2.36. The summed E-state index contributed by atoms with van der Waals surface area (Å²) < 4.78 is 33.1. The van der Waals surface area contributed by atoms with E-state index in [4.69, 9.17) is 4.42 Å². The summed E-state index contributed by atoms with van der Waals surface area (Å²) in [6.45, 7) is 5.57. The van der Waals surface area contributed by atoms with Crippen LogP contribution in [-0.4, -0.2) is 26.5 Å². The van der Waals surface area contributed by atoms with Gasteiger partial charge in [0.1, 0.15) is 0 Å². The minimum atomic E-state index is -3.79. The van der Waals surface area contributed by atoms with Crippen molar-refractivity contribution >= 4 is 15.7 Å². The molecule has 2 aromatic carbocycles. The van der Waals surface area contributed by atoms with Gasteiger partial charge in [0.25, 0.3) is 0 Å². The van der Waals surface area contributed by atoms with Crippen molar-refractivity contribution in [2.45, 2.75) is 49.5 Å². The topological polar surface area (TPSA) is 63.4 Å². The predicted octanol–water partition coefficient (Wildman–Crippen LogP) is 5.04. The van der Waals surface area contributed by atoms with Crippen LogP contribution in [0.5, 0.6) is 0 Å². The molecular formula is C23H26N2O3S. The van der Waals surface area contributed by atoms with Crippen molar-refractivity contribution in [2.75, 3.05) is 18.0 Å². The van der Waals surface area contributed by atoms with Crippen LogP contribution in [-0.2, 0) is 16.3 Å². The number of piperidine rings is 1. The molecule has 1 aliphatic rings. The van der Waals surface area contributed by atoms with E-state index >= 15 is 0 Å². The van der Waals surface area contributed by atoms with Crippen LogP contribution in [0.3, 0.4) is 0 Å². The second kappa shape index (κ2) is 8.03. The standard InChI is InChI=1S/C23H26N2O3S/c1-3-18-11-13-19(14-12-18)29(26,27)22-23(25-15-7-4-8-16-25)28-21(24-22)20-10-6-5-9-17(20)2/h5-6,9-14H,3-4,7-8,15-16H2,1-2H3. The van der Waals surface area contributed by atoms with Gasteiger partial charge in [-0.05, 0) is 61.9 Å². The molecule has 3 aromatic rings. The molecule has 1 fully saturated rings.